The second kappa shape index (κ2) is 4.89. The molecule has 1 amide bonds. The molecular formula is C11H8BrClN2O2. The third-order valence-corrected chi connectivity index (χ3v) is 3.02. The molecule has 1 N–H and O–H groups in total. The average molecular weight is 316 g/mol. The van der Waals surface area contributed by atoms with Crippen molar-refractivity contribution >= 4 is 39.1 Å². The highest BCUT2D eigenvalue weighted by atomic mass is 79.9. The van der Waals surface area contributed by atoms with E-state index in [0.29, 0.717) is 20.9 Å². The fourth-order valence-electron chi connectivity index (χ4n) is 1.29. The van der Waals surface area contributed by atoms with Crippen molar-refractivity contribution in [2.75, 3.05) is 5.32 Å². The van der Waals surface area contributed by atoms with E-state index in [1.54, 1.807) is 25.1 Å². The summed E-state index contributed by atoms with van der Waals surface area (Å²) in [5, 5.41) is 3.29. The SMILES string of the molecule is Cc1ncoc1C(=O)Nc1ccc(Cl)cc1Br. The van der Waals surface area contributed by atoms with Crippen LogP contribution in [0, 0.1) is 6.92 Å². The summed E-state index contributed by atoms with van der Waals surface area (Å²) in [5.41, 5.74) is 1.17. The number of carbonyl (C=O) groups excluding carboxylic acids is 1. The summed E-state index contributed by atoms with van der Waals surface area (Å²) in [7, 11) is 0. The quantitative estimate of drug-likeness (QED) is 0.920. The van der Waals surface area contributed by atoms with Crippen molar-refractivity contribution in [2.24, 2.45) is 0 Å². The van der Waals surface area contributed by atoms with Gasteiger partial charge in [0.05, 0.1) is 11.4 Å². The maximum Gasteiger partial charge on any atom is 0.293 e. The van der Waals surface area contributed by atoms with Crippen molar-refractivity contribution in [3.63, 3.8) is 0 Å². The minimum atomic E-state index is -0.344. The molecule has 0 aliphatic rings. The summed E-state index contributed by atoms with van der Waals surface area (Å²) in [4.78, 5) is 15.7. The van der Waals surface area contributed by atoms with E-state index in [1.165, 1.54) is 6.39 Å². The number of nitrogens with zero attached hydrogens (tertiary/aromatic N) is 1. The fraction of sp³-hybridized carbons (Fsp3) is 0.0909. The lowest BCUT2D eigenvalue weighted by Gasteiger charge is -2.06. The van der Waals surface area contributed by atoms with Gasteiger partial charge in [0.25, 0.3) is 5.91 Å². The number of rotatable bonds is 2. The van der Waals surface area contributed by atoms with Crippen LogP contribution in [0.1, 0.15) is 16.2 Å². The Hall–Kier alpha value is -1.33. The molecule has 0 saturated heterocycles. The molecule has 1 aromatic heterocycles. The molecule has 0 radical (unpaired) electrons. The first-order valence-corrected chi connectivity index (χ1v) is 5.91. The lowest BCUT2D eigenvalue weighted by Crippen LogP contribution is -2.12. The summed E-state index contributed by atoms with van der Waals surface area (Å²) < 4.78 is 5.70. The first kappa shape index (κ1) is 12.1. The molecule has 0 saturated carbocycles. The highest BCUT2D eigenvalue weighted by molar-refractivity contribution is 9.10. The molecule has 0 aliphatic carbocycles. The summed E-state index contributed by atoms with van der Waals surface area (Å²) in [6.45, 7) is 1.70. The summed E-state index contributed by atoms with van der Waals surface area (Å²) in [6.07, 6.45) is 1.24. The maximum absolute atomic E-state index is 11.8. The monoisotopic (exact) mass is 314 g/mol. The highest BCUT2D eigenvalue weighted by Gasteiger charge is 2.15. The van der Waals surface area contributed by atoms with Crippen molar-refractivity contribution in [2.45, 2.75) is 6.92 Å². The molecule has 88 valence electrons. The Morgan fingerprint density at radius 1 is 1.53 bits per heavy atom. The standard InChI is InChI=1S/C11H8BrClN2O2/c1-6-10(17-5-14-6)11(16)15-9-3-2-7(13)4-8(9)12/h2-5H,1H3,(H,15,16). The Bertz CT molecular complexity index is 568. The topological polar surface area (TPSA) is 55.1 Å². The van der Waals surface area contributed by atoms with Crippen LogP contribution >= 0.6 is 27.5 Å². The van der Waals surface area contributed by atoms with Gasteiger partial charge in [-0.05, 0) is 41.1 Å². The van der Waals surface area contributed by atoms with Crippen molar-refractivity contribution in [1.29, 1.82) is 0 Å². The first-order valence-electron chi connectivity index (χ1n) is 4.74. The second-order valence-corrected chi connectivity index (χ2v) is 4.64. The minimum Gasteiger partial charge on any atom is -0.438 e. The second-order valence-electron chi connectivity index (χ2n) is 3.35. The van der Waals surface area contributed by atoms with E-state index in [-0.39, 0.29) is 11.7 Å². The molecule has 0 bridgehead atoms. The molecule has 0 atom stereocenters. The van der Waals surface area contributed by atoms with Gasteiger partial charge in [-0.1, -0.05) is 11.6 Å². The Morgan fingerprint density at radius 3 is 2.88 bits per heavy atom. The van der Waals surface area contributed by atoms with E-state index in [2.05, 4.69) is 26.2 Å². The molecule has 1 heterocycles. The molecule has 1 aromatic carbocycles. The zero-order chi connectivity index (χ0) is 12.4. The Kier molecular flexibility index (Phi) is 3.49. The third-order valence-electron chi connectivity index (χ3n) is 2.13. The highest BCUT2D eigenvalue weighted by Crippen LogP contribution is 2.26. The third kappa shape index (κ3) is 2.68. The van der Waals surface area contributed by atoms with E-state index in [0.717, 1.165) is 0 Å². The van der Waals surface area contributed by atoms with Crippen LogP contribution < -0.4 is 5.32 Å². The molecule has 2 aromatic rings. The van der Waals surface area contributed by atoms with Crippen molar-refractivity contribution in [3.05, 3.63) is 45.5 Å². The normalized spacial score (nSPS) is 10.3. The molecule has 2 rings (SSSR count). The van der Waals surface area contributed by atoms with Gasteiger partial charge < -0.3 is 9.73 Å². The van der Waals surface area contributed by atoms with Crippen LogP contribution in [0.15, 0.2) is 33.5 Å². The molecule has 0 unspecified atom stereocenters. The maximum atomic E-state index is 11.8. The number of amides is 1. The number of halogens is 2. The number of aromatic nitrogens is 1. The number of aryl methyl sites for hydroxylation is 1. The summed E-state index contributed by atoms with van der Waals surface area (Å²) >= 11 is 9.12. The molecule has 17 heavy (non-hydrogen) atoms. The van der Waals surface area contributed by atoms with Gasteiger partial charge in [-0.25, -0.2) is 4.98 Å². The first-order chi connectivity index (χ1) is 8.08. The number of hydrogen-bond donors (Lipinski definition) is 1. The zero-order valence-electron chi connectivity index (χ0n) is 8.83. The molecule has 0 aliphatic heterocycles. The van der Waals surface area contributed by atoms with Crippen molar-refractivity contribution in [3.8, 4) is 0 Å². The number of oxazole rings is 1. The van der Waals surface area contributed by atoms with E-state index in [4.69, 9.17) is 16.0 Å². The fourth-order valence-corrected chi connectivity index (χ4v) is 2.07. The van der Waals surface area contributed by atoms with Crippen LogP contribution in [0.5, 0.6) is 0 Å². The number of carbonyl (C=O) groups is 1. The molecule has 0 spiro atoms. The van der Waals surface area contributed by atoms with Gasteiger partial charge in [0.1, 0.15) is 0 Å². The van der Waals surface area contributed by atoms with Crippen molar-refractivity contribution < 1.29 is 9.21 Å². The lowest BCUT2D eigenvalue weighted by atomic mass is 10.3. The van der Waals surface area contributed by atoms with Crippen LogP contribution in [0.4, 0.5) is 5.69 Å². The van der Waals surface area contributed by atoms with Gasteiger partial charge in [0.15, 0.2) is 6.39 Å². The summed E-state index contributed by atoms with van der Waals surface area (Å²) in [5.74, 6) is -0.144. The van der Waals surface area contributed by atoms with Gasteiger partial charge in [-0.15, -0.1) is 0 Å². The van der Waals surface area contributed by atoms with Crippen LogP contribution in [0.2, 0.25) is 5.02 Å². The molecule has 4 nitrogen and oxygen atoms in total. The van der Waals surface area contributed by atoms with Gasteiger partial charge >= 0.3 is 0 Å². The van der Waals surface area contributed by atoms with Crippen molar-refractivity contribution in [1.82, 2.24) is 4.98 Å². The van der Waals surface area contributed by atoms with E-state index in [9.17, 15) is 4.79 Å². The van der Waals surface area contributed by atoms with Crippen LogP contribution in [-0.2, 0) is 0 Å². The van der Waals surface area contributed by atoms with Crippen LogP contribution in [0.3, 0.4) is 0 Å². The molecule has 0 fully saturated rings. The Labute approximate surface area is 111 Å². The zero-order valence-corrected chi connectivity index (χ0v) is 11.2. The van der Waals surface area contributed by atoms with Gasteiger partial charge in [-0.2, -0.15) is 0 Å². The number of hydrogen-bond acceptors (Lipinski definition) is 3. The Morgan fingerprint density at radius 2 is 2.29 bits per heavy atom. The van der Waals surface area contributed by atoms with Gasteiger partial charge in [0.2, 0.25) is 5.76 Å². The number of benzene rings is 1. The number of nitrogens with one attached hydrogen (secondary N) is 1. The van der Waals surface area contributed by atoms with E-state index in [1.807, 2.05) is 0 Å². The lowest BCUT2D eigenvalue weighted by molar-refractivity contribution is 0.0996. The minimum absolute atomic E-state index is 0.201. The average Bonchev–Trinajstić information content (AvgIpc) is 2.68. The summed E-state index contributed by atoms with van der Waals surface area (Å²) in [6, 6.07) is 5.09. The van der Waals surface area contributed by atoms with Crippen LogP contribution in [-0.4, -0.2) is 10.9 Å². The predicted molar refractivity (Wildman–Crippen MR) is 68.3 cm³/mol. The van der Waals surface area contributed by atoms with Crippen LogP contribution in [0.25, 0.3) is 0 Å². The number of anilines is 1. The molecule has 6 heteroatoms. The Balaban J connectivity index is 2.22. The van der Waals surface area contributed by atoms with E-state index >= 15 is 0 Å². The van der Waals surface area contributed by atoms with E-state index < -0.39 is 0 Å². The smallest absolute Gasteiger partial charge is 0.293 e. The largest absolute Gasteiger partial charge is 0.438 e. The van der Waals surface area contributed by atoms with Gasteiger partial charge in [-0.3, -0.25) is 4.79 Å². The predicted octanol–water partition coefficient (Wildman–Crippen LogP) is 3.65. The van der Waals surface area contributed by atoms with Gasteiger partial charge in [0, 0.05) is 9.50 Å². The molecular weight excluding hydrogens is 307 g/mol.